The molecule has 0 aromatic carbocycles. The number of amides is 9. The molecule has 1 saturated heterocycles. The largest absolute Gasteiger partial charge is 0.480 e. The van der Waals surface area contributed by atoms with Gasteiger partial charge in [0.1, 0.15) is 54.9 Å². The molecule has 1 heterocycles. The van der Waals surface area contributed by atoms with E-state index in [1.807, 2.05) is 0 Å². The monoisotopic (exact) mass is 1110 g/mol. The van der Waals surface area contributed by atoms with Crippen LogP contribution in [0.15, 0.2) is 0 Å². The van der Waals surface area contributed by atoms with Crippen LogP contribution >= 0.6 is 0 Å². The fourth-order valence-electron chi connectivity index (χ4n) is 8.08. The Morgan fingerprint density at radius 1 is 0.538 bits per heavy atom. The highest BCUT2D eigenvalue weighted by molar-refractivity contribution is 5.98. The first-order chi connectivity index (χ1) is 36.9. The van der Waals surface area contributed by atoms with Crippen molar-refractivity contribution in [2.75, 3.05) is 45.8 Å². The van der Waals surface area contributed by atoms with Gasteiger partial charge in [0, 0.05) is 19.6 Å². The predicted molar refractivity (Wildman–Crippen MR) is 287 cm³/mol. The van der Waals surface area contributed by atoms with Crippen molar-refractivity contribution in [3.63, 3.8) is 0 Å². The van der Waals surface area contributed by atoms with Crippen molar-refractivity contribution in [2.45, 2.75) is 178 Å². The van der Waals surface area contributed by atoms with Gasteiger partial charge in [0.15, 0.2) is 11.9 Å². The van der Waals surface area contributed by atoms with Gasteiger partial charge in [-0.2, -0.15) is 0 Å². The van der Waals surface area contributed by atoms with E-state index in [2.05, 4.69) is 53.2 Å². The number of aliphatic hydroxyl groups is 1. The highest BCUT2D eigenvalue weighted by atomic mass is 16.4. The Kier molecular flexibility index (Phi) is 33.4. The number of carbonyl (C=O) groups is 10. The number of aliphatic carboxylic acids is 1. The van der Waals surface area contributed by atoms with Gasteiger partial charge in [0.05, 0.1) is 12.1 Å². The van der Waals surface area contributed by atoms with Gasteiger partial charge in [-0.3, -0.25) is 58.8 Å². The number of carbonyl (C=O) groups excluding carboxylic acids is 9. The zero-order valence-corrected chi connectivity index (χ0v) is 45.2. The summed E-state index contributed by atoms with van der Waals surface area (Å²) in [5.41, 5.74) is 33.8. The average molecular weight is 1110 g/mol. The third-order valence-corrected chi connectivity index (χ3v) is 12.5. The summed E-state index contributed by atoms with van der Waals surface area (Å²) in [5, 5.41) is 59.8. The number of carboxylic acid groups (broad SMARTS) is 1. The first-order valence-corrected chi connectivity index (χ1v) is 26.5. The SMILES string of the molecule is C[C@H](NC(=O)[C@H](C)NC(=O)[C@@H]1CCCN1C(=O)[C@H](CCCNC(=N)N)NC(=O)[C@@H](N)CCCCN)C(=O)N[C@H](C(=O)N[C@@H](CCCCN)C(=O)N[C@@H](CCCCN)C(=O)N[C@@H](CCCNC(=N)N)C(=O)NCC(=O)O)[C@@H](C)O. The normalized spacial score (nSPS) is 16.4. The van der Waals surface area contributed by atoms with Crippen molar-refractivity contribution in [1.82, 2.24) is 58.1 Å². The molecule has 0 aromatic rings. The maximum atomic E-state index is 14.0. The molecule has 0 radical (unpaired) electrons. The van der Waals surface area contributed by atoms with Gasteiger partial charge in [-0.1, -0.05) is 6.42 Å². The lowest BCUT2D eigenvalue weighted by Gasteiger charge is -2.30. The minimum absolute atomic E-state index is 0.0135. The van der Waals surface area contributed by atoms with Crippen LogP contribution in [0, 0.1) is 10.8 Å². The maximum Gasteiger partial charge on any atom is 0.322 e. The van der Waals surface area contributed by atoms with Gasteiger partial charge in [0.25, 0.3) is 0 Å². The minimum Gasteiger partial charge on any atom is -0.480 e. The first kappa shape index (κ1) is 69.1. The third-order valence-electron chi connectivity index (χ3n) is 12.5. The number of hydrogen-bond donors (Lipinski definition) is 20. The average Bonchev–Trinajstić information content (AvgIpc) is 3.88. The van der Waals surface area contributed by atoms with Crippen LogP contribution in [0.25, 0.3) is 0 Å². The van der Waals surface area contributed by atoms with Gasteiger partial charge in [-0.25, -0.2) is 0 Å². The number of hydrogen-bond acceptors (Lipinski definition) is 17. The molecule has 78 heavy (non-hydrogen) atoms. The minimum atomic E-state index is -1.69. The number of aliphatic hydroxyl groups excluding tert-OH is 1. The molecule has 1 fully saturated rings. The summed E-state index contributed by atoms with van der Waals surface area (Å²) in [4.78, 5) is 135. The Labute approximate surface area is 454 Å². The second-order valence-corrected chi connectivity index (χ2v) is 19.2. The van der Waals surface area contributed by atoms with Crippen LogP contribution < -0.4 is 87.6 Å². The molecule has 0 spiro atoms. The Morgan fingerprint density at radius 3 is 1.46 bits per heavy atom. The maximum absolute atomic E-state index is 14.0. The third kappa shape index (κ3) is 26.9. The van der Waals surface area contributed by atoms with Gasteiger partial charge in [0.2, 0.25) is 53.2 Å². The van der Waals surface area contributed by atoms with Gasteiger partial charge >= 0.3 is 5.97 Å². The number of nitrogens with one attached hydrogen (secondary N) is 12. The summed E-state index contributed by atoms with van der Waals surface area (Å²) < 4.78 is 0. The molecule has 0 bridgehead atoms. The fourth-order valence-corrected chi connectivity index (χ4v) is 8.08. The molecule has 0 aliphatic carbocycles. The molecule has 31 nitrogen and oxygen atoms in total. The summed E-state index contributed by atoms with van der Waals surface area (Å²) in [6.07, 6.45) is 2.85. The quantitative estimate of drug-likeness (QED) is 0.0155. The zero-order chi connectivity index (χ0) is 58.9. The van der Waals surface area contributed by atoms with Gasteiger partial charge < -0.3 is 103 Å². The zero-order valence-electron chi connectivity index (χ0n) is 45.2. The fraction of sp³-hybridized carbons (Fsp3) is 0.745. The van der Waals surface area contributed by atoms with Gasteiger partial charge in [-0.05, 0) is 130 Å². The number of carboxylic acids is 1. The number of nitrogens with two attached hydrogens (primary N) is 6. The van der Waals surface area contributed by atoms with E-state index in [1.54, 1.807) is 0 Å². The van der Waals surface area contributed by atoms with Crippen LogP contribution in [0.3, 0.4) is 0 Å². The summed E-state index contributed by atoms with van der Waals surface area (Å²) in [6, 6.07) is -11.3. The molecule has 1 rings (SSSR count). The van der Waals surface area contributed by atoms with Crippen LogP contribution in [0.5, 0.6) is 0 Å². The number of rotatable bonds is 39. The van der Waals surface area contributed by atoms with E-state index in [-0.39, 0.29) is 83.2 Å². The standard InChI is InChI=1S/C47H89N19O12/c1-26(60-43(76)34-18-12-24-66(34)45(78)33(17-11-23-57-47(54)55)64-39(72)29(51)13-4-7-19-48)37(70)59-27(2)38(71)65-36(28(3)67)44(77)63-32(15-6-9-21-50)42(75)62-31(14-5-8-20-49)41(74)61-30(16-10-22-56-46(52)53)40(73)58-25-35(68)69/h26-34,36,67H,4-25,48-51H2,1-3H3,(H,58,73)(H,59,70)(H,60,76)(H,61,74)(H,62,75)(H,63,77)(H,64,72)(H,65,71)(H,68,69)(H4,52,53,56)(H4,54,55,57)/t26-,27-,28+,29-,30-,31-,32-,33-,34-,36-/m0/s1. The Bertz CT molecular complexity index is 2000. The summed E-state index contributed by atoms with van der Waals surface area (Å²) in [7, 11) is 0. The molecule has 0 aromatic heterocycles. The van der Waals surface area contributed by atoms with Crippen molar-refractivity contribution >= 4 is 71.1 Å². The topological polar surface area (TPSA) is 539 Å². The number of guanidine groups is 2. The smallest absolute Gasteiger partial charge is 0.322 e. The highest BCUT2D eigenvalue weighted by Gasteiger charge is 2.39. The molecule has 0 saturated carbocycles. The first-order valence-electron chi connectivity index (χ1n) is 26.5. The second kappa shape index (κ2) is 37.8. The van der Waals surface area contributed by atoms with E-state index in [0.29, 0.717) is 64.3 Å². The Hall–Kier alpha value is -6.96. The van der Waals surface area contributed by atoms with Crippen LogP contribution in [0.4, 0.5) is 0 Å². The van der Waals surface area contributed by atoms with E-state index in [4.69, 9.17) is 50.3 Å². The van der Waals surface area contributed by atoms with Crippen LogP contribution in [0.2, 0.25) is 0 Å². The van der Waals surface area contributed by atoms with Crippen LogP contribution in [0.1, 0.15) is 117 Å². The number of likely N-dealkylation sites (tertiary alicyclic amines) is 1. The molecule has 10 atom stereocenters. The van der Waals surface area contributed by atoms with E-state index >= 15 is 0 Å². The molecular formula is C47H89N19O12. The van der Waals surface area contributed by atoms with E-state index in [9.17, 15) is 53.1 Å². The van der Waals surface area contributed by atoms with Crippen LogP contribution in [-0.4, -0.2) is 192 Å². The van der Waals surface area contributed by atoms with Crippen molar-refractivity contribution < 1.29 is 58.2 Å². The molecule has 444 valence electrons. The summed E-state index contributed by atoms with van der Waals surface area (Å²) >= 11 is 0. The van der Waals surface area contributed by atoms with Crippen LogP contribution in [-0.2, 0) is 47.9 Å². The van der Waals surface area contributed by atoms with Crippen molar-refractivity contribution in [2.24, 2.45) is 34.4 Å². The molecule has 26 N–H and O–H groups in total. The lowest BCUT2D eigenvalue weighted by molar-refractivity contribution is -0.142. The number of nitrogens with zero attached hydrogens (tertiary/aromatic N) is 1. The van der Waals surface area contributed by atoms with Crippen molar-refractivity contribution in [3.8, 4) is 0 Å². The van der Waals surface area contributed by atoms with E-state index in [1.165, 1.54) is 25.7 Å². The molecule has 0 unspecified atom stereocenters. The molecular weight excluding hydrogens is 1020 g/mol. The summed E-state index contributed by atoms with van der Waals surface area (Å²) in [5.74, 6) is -9.00. The second-order valence-electron chi connectivity index (χ2n) is 19.2. The molecule has 31 heteroatoms. The Balaban J connectivity index is 3.17. The molecule has 9 amide bonds. The summed E-state index contributed by atoms with van der Waals surface area (Å²) in [6.45, 7) is 4.53. The predicted octanol–water partition coefficient (Wildman–Crippen LogP) is -6.77. The Morgan fingerprint density at radius 2 is 0.974 bits per heavy atom. The molecule has 1 aliphatic rings. The van der Waals surface area contributed by atoms with Gasteiger partial charge in [-0.15, -0.1) is 0 Å². The van der Waals surface area contributed by atoms with Crippen molar-refractivity contribution in [3.05, 3.63) is 0 Å². The van der Waals surface area contributed by atoms with E-state index < -0.39 is 126 Å². The highest BCUT2D eigenvalue weighted by Crippen LogP contribution is 2.20. The van der Waals surface area contributed by atoms with Crippen molar-refractivity contribution in [1.29, 1.82) is 10.8 Å². The molecule has 1 aliphatic heterocycles. The lowest BCUT2D eigenvalue weighted by Crippen LogP contribution is -2.61. The number of unbranched alkanes of at least 4 members (excludes halogenated alkanes) is 3. The lowest BCUT2D eigenvalue weighted by atomic mass is 10.0. The van der Waals surface area contributed by atoms with E-state index in [0.717, 1.165) is 0 Å².